The number of esters is 1. The molecular weight excluding hydrogens is 484 g/mol. The molecule has 4 rings (SSSR count). The van der Waals surface area contributed by atoms with Crippen molar-refractivity contribution in [1.29, 1.82) is 0 Å². The summed E-state index contributed by atoms with van der Waals surface area (Å²) in [5.41, 5.74) is 1.60. The largest absolute Gasteiger partial charge is 0.466 e. The molecule has 38 heavy (non-hydrogen) atoms. The number of likely N-dealkylation sites (tertiary alicyclic amines) is 1. The Morgan fingerprint density at radius 3 is 2.37 bits per heavy atom. The lowest BCUT2D eigenvalue weighted by atomic mass is 9.98. The predicted octanol–water partition coefficient (Wildman–Crippen LogP) is 3.29. The molecule has 0 aliphatic carbocycles. The van der Waals surface area contributed by atoms with E-state index >= 15 is 0 Å². The van der Waals surface area contributed by atoms with Crippen LogP contribution in [0.5, 0.6) is 0 Å². The highest BCUT2D eigenvalue weighted by molar-refractivity contribution is 5.92. The number of benzene rings is 2. The van der Waals surface area contributed by atoms with Crippen LogP contribution in [-0.2, 0) is 16.1 Å². The van der Waals surface area contributed by atoms with E-state index in [2.05, 4.69) is 18.9 Å². The van der Waals surface area contributed by atoms with Crippen molar-refractivity contribution in [3.05, 3.63) is 91.8 Å². The number of aryl methyl sites for hydroxylation is 1. The van der Waals surface area contributed by atoms with Crippen LogP contribution >= 0.6 is 0 Å². The van der Waals surface area contributed by atoms with E-state index < -0.39 is 23.1 Å². The van der Waals surface area contributed by atoms with Gasteiger partial charge in [-0.3, -0.25) is 19.0 Å². The predicted molar refractivity (Wildman–Crippen MR) is 144 cm³/mol. The summed E-state index contributed by atoms with van der Waals surface area (Å²) >= 11 is 0. The number of hydrogen-bond donors (Lipinski definition) is 0. The van der Waals surface area contributed by atoms with Gasteiger partial charge in [0.1, 0.15) is 0 Å². The van der Waals surface area contributed by atoms with E-state index in [4.69, 9.17) is 4.74 Å². The van der Waals surface area contributed by atoms with Crippen molar-refractivity contribution < 1.29 is 14.3 Å². The monoisotopic (exact) mass is 518 g/mol. The first-order valence-electron chi connectivity index (χ1n) is 13.1. The summed E-state index contributed by atoms with van der Waals surface area (Å²) in [6, 6.07) is 14.8. The number of hydrogen-bond acceptors (Lipinski definition) is 6. The van der Waals surface area contributed by atoms with Crippen molar-refractivity contribution in [3.63, 3.8) is 0 Å². The summed E-state index contributed by atoms with van der Waals surface area (Å²) < 4.78 is 7.31. The van der Waals surface area contributed by atoms with E-state index in [0.29, 0.717) is 31.0 Å². The van der Waals surface area contributed by atoms with Crippen LogP contribution in [0.4, 0.5) is 0 Å². The van der Waals surface area contributed by atoms with E-state index in [9.17, 15) is 19.2 Å². The Hall–Kier alpha value is -4.01. The molecule has 1 fully saturated rings. The smallest absolute Gasteiger partial charge is 0.352 e. The van der Waals surface area contributed by atoms with Gasteiger partial charge in [-0.25, -0.2) is 4.79 Å². The van der Waals surface area contributed by atoms with Gasteiger partial charge in [0.15, 0.2) is 0 Å². The number of ether oxygens (including phenoxy) is 1. The van der Waals surface area contributed by atoms with E-state index in [1.807, 2.05) is 43.3 Å². The molecule has 1 atom stereocenters. The fourth-order valence-electron chi connectivity index (χ4n) is 4.60. The highest BCUT2D eigenvalue weighted by Crippen LogP contribution is 2.20. The normalized spacial score (nSPS) is 15.5. The Morgan fingerprint density at radius 2 is 1.74 bits per heavy atom. The molecule has 0 radical (unpaired) electrons. The summed E-state index contributed by atoms with van der Waals surface area (Å²) in [5.74, 6) is -1.12. The summed E-state index contributed by atoms with van der Waals surface area (Å²) in [4.78, 5) is 54.5. The maximum Gasteiger partial charge on any atom is 0.352 e. The minimum absolute atomic E-state index is 0.00370. The van der Waals surface area contributed by atoms with Gasteiger partial charge in [0.05, 0.1) is 24.8 Å². The molecule has 1 saturated heterocycles. The summed E-state index contributed by atoms with van der Waals surface area (Å²) in [5, 5.41) is 4.28. The average Bonchev–Trinajstić information content (AvgIpc) is 2.92. The Morgan fingerprint density at radius 1 is 1.05 bits per heavy atom. The zero-order valence-electron chi connectivity index (χ0n) is 22.3. The Kier molecular flexibility index (Phi) is 8.24. The van der Waals surface area contributed by atoms with Gasteiger partial charge in [-0.1, -0.05) is 55.8 Å². The van der Waals surface area contributed by atoms with Gasteiger partial charge in [0.25, 0.3) is 11.5 Å². The van der Waals surface area contributed by atoms with E-state index in [1.165, 1.54) is 4.90 Å². The van der Waals surface area contributed by atoms with Crippen molar-refractivity contribution in [3.8, 4) is 5.69 Å². The van der Waals surface area contributed by atoms with E-state index in [-0.39, 0.29) is 31.4 Å². The number of rotatable bonds is 7. The maximum atomic E-state index is 13.6. The first kappa shape index (κ1) is 27.0. The van der Waals surface area contributed by atoms with Crippen LogP contribution < -0.4 is 11.2 Å². The molecule has 0 bridgehead atoms. The lowest BCUT2D eigenvalue weighted by Crippen LogP contribution is -2.49. The third-order valence-electron chi connectivity index (χ3n) is 6.86. The summed E-state index contributed by atoms with van der Waals surface area (Å²) in [6.45, 7) is 8.61. The van der Waals surface area contributed by atoms with Gasteiger partial charge < -0.3 is 9.64 Å². The number of amides is 1. The molecule has 0 saturated carbocycles. The molecular formula is C29H34N4O5. The molecule has 3 aromatic rings. The van der Waals surface area contributed by atoms with Crippen LogP contribution in [0, 0.1) is 12.8 Å². The highest BCUT2D eigenvalue weighted by Gasteiger charge is 2.32. The van der Waals surface area contributed by atoms with Gasteiger partial charge in [-0.15, -0.1) is 0 Å². The Bertz CT molecular complexity index is 1420. The Labute approximate surface area is 221 Å². The number of carbonyl (C=O) groups is 2. The standard InChI is InChI=1S/C29H34N4O5/c1-5-38-28(36)23-7-6-16-31(18-23)26(34)25-27(35)32(17-21-10-8-20(4)9-11-21)29(37)33(30-25)24-14-12-22(13-15-24)19(2)3/h8-15,19,23H,5-7,16-18H2,1-4H3/t23-/m1/s1. The van der Waals surface area contributed by atoms with Crippen LogP contribution in [0.3, 0.4) is 0 Å². The zero-order valence-corrected chi connectivity index (χ0v) is 22.3. The quantitative estimate of drug-likeness (QED) is 0.445. The van der Waals surface area contributed by atoms with Crippen LogP contribution in [-0.4, -0.2) is 50.8 Å². The molecule has 1 aliphatic rings. The van der Waals surface area contributed by atoms with Crippen molar-refractivity contribution in [1.82, 2.24) is 19.2 Å². The van der Waals surface area contributed by atoms with Gasteiger partial charge in [0.2, 0.25) is 5.69 Å². The molecule has 0 unspecified atom stereocenters. The first-order chi connectivity index (χ1) is 18.2. The highest BCUT2D eigenvalue weighted by atomic mass is 16.5. The van der Waals surface area contributed by atoms with Crippen LogP contribution in [0.25, 0.3) is 5.69 Å². The molecule has 1 aliphatic heterocycles. The second-order valence-electron chi connectivity index (χ2n) is 10.0. The lowest BCUT2D eigenvalue weighted by molar-refractivity contribution is -0.149. The van der Waals surface area contributed by atoms with Gasteiger partial charge in [-0.05, 0) is 55.9 Å². The number of aromatic nitrogens is 3. The molecule has 1 aromatic heterocycles. The number of nitrogens with zero attached hydrogens (tertiary/aromatic N) is 4. The third kappa shape index (κ3) is 5.77. The first-order valence-corrected chi connectivity index (χ1v) is 13.1. The summed E-state index contributed by atoms with van der Waals surface area (Å²) in [6.07, 6.45) is 1.21. The van der Waals surface area contributed by atoms with Gasteiger partial charge in [0, 0.05) is 13.1 Å². The van der Waals surface area contributed by atoms with Crippen molar-refractivity contribution in [2.24, 2.45) is 5.92 Å². The van der Waals surface area contributed by atoms with E-state index in [1.54, 1.807) is 19.1 Å². The van der Waals surface area contributed by atoms with Crippen molar-refractivity contribution in [2.75, 3.05) is 19.7 Å². The zero-order chi connectivity index (χ0) is 27.4. The fourth-order valence-corrected chi connectivity index (χ4v) is 4.60. The fraction of sp³-hybridized carbons (Fsp3) is 0.414. The number of carbonyl (C=O) groups excluding carboxylic acids is 2. The third-order valence-corrected chi connectivity index (χ3v) is 6.86. The van der Waals surface area contributed by atoms with Crippen LogP contribution in [0.15, 0.2) is 58.1 Å². The molecule has 9 heteroatoms. The second-order valence-corrected chi connectivity index (χ2v) is 10.0. The lowest BCUT2D eigenvalue weighted by Gasteiger charge is -2.31. The molecule has 2 heterocycles. The summed E-state index contributed by atoms with van der Waals surface area (Å²) in [7, 11) is 0. The van der Waals surface area contributed by atoms with Crippen molar-refractivity contribution in [2.45, 2.75) is 53.0 Å². The molecule has 1 amide bonds. The molecule has 2 aromatic carbocycles. The van der Waals surface area contributed by atoms with Gasteiger partial charge >= 0.3 is 11.7 Å². The Balaban J connectivity index is 1.78. The molecule has 0 spiro atoms. The maximum absolute atomic E-state index is 13.6. The SMILES string of the molecule is CCOC(=O)[C@@H]1CCCN(C(=O)c2nn(-c3ccc(C(C)C)cc3)c(=O)n(Cc3ccc(C)cc3)c2=O)C1. The topological polar surface area (TPSA) is 104 Å². The van der Waals surface area contributed by atoms with Crippen molar-refractivity contribution >= 4 is 11.9 Å². The van der Waals surface area contributed by atoms with Crippen LogP contribution in [0.2, 0.25) is 0 Å². The number of piperidine rings is 1. The average molecular weight is 519 g/mol. The van der Waals surface area contributed by atoms with E-state index in [0.717, 1.165) is 25.9 Å². The second kappa shape index (κ2) is 11.6. The minimum atomic E-state index is -0.756. The van der Waals surface area contributed by atoms with Crippen LogP contribution in [0.1, 0.15) is 66.7 Å². The molecule has 200 valence electrons. The van der Waals surface area contributed by atoms with Gasteiger partial charge in [-0.2, -0.15) is 9.78 Å². The molecule has 9 nitrogen and oxygen atoms in total. The minimum Gasteiger partial charge on any atom is -0.466 e. The molecule has 0 N–H and O–H groups in total.